The van der Waals surface area contributed by atoms with Crippen LogP contribution < -0.4 is 14.2 Å². The zero-order valence-corrected chi connectivity index (χ0v) is 19.1. The van der Waals surface area contributed by atoms with Crippen LogP contribution >= 0.6 is 0 Å². The van der Waals surface area contributed by atoms with Crippen LogP contribution in [0.25, 0.3) is 6.08 Å². The van der Waals surface area contributed by atoms with Crippen LogP contribution in [0.15, 0.2) is 48.0 Å². The van der Waals surface area contributed by atoms with Gasteiger partial charge in [-0.1, -0.05) is 24.3 Å². The largest absolute Gasteiger partial charge is 0.494 e. The van der Waals surface area contributed by atoms with E-state index in [4.69, 9.17) is 14.2 Å². The minimum absolute atomic E-state index is 0.206. The van der Waals surface area contributed by atoms with E-state index in [0.29, 0.717) is 19.3 Å². The monoisotopic (exact) mass is 438 g/mol. The average Bonchev–Trinajstić information content (AvgIpc) is 2.82. The second-order valence-corrected chi connectivity index (χ2v) is 8.42. The lowest BCUT2D eigenvalue weighted by atomic mass is 10.0. The molecule has 2 heterocycles. The van der Waals surface area contributed by atoms with Crippen molar-refractivity contribution in [2.45, 2.75) is 25.9 Å². The molecule has 1 fully saturated rings. The number of methoxy groups -OCH3 is 1. The summed E-state index contributed by atoms with van der Waals surface area (Å²) in [6.45, 7) is 8.18. The van der Waals surface area contributed by atoms with E-state index in [1.165, 1.54) is 11.1 Å². The number of hydrogen-bond acceptors (Lipinski definition) is 6. The molecule has 0 spiro atoms. The third-order valence-electron chi connectivity index (χ3n) is 6.19. The molecule has 0 aromatic heterocycles. The molecule has 0 amide bonds. The Morgan fingerprint density at radius 2 is 1.94 bits per heavy atom. The lowest BCUT2D eigenvalue weighted by Gasteiger charge is -2.42. The van der Waals surface area contributed by atoms with Gasteiger partial charge in [0.2, 0.25) is 0 Å². The summed E-state index contributed by atoms with van der Waals surface area (Å²) < 4.78 is 17.0. The molecule has 32 heavy (non-hydrogen) atoms. The highest BCUT2D eigenvalue weighted by molar-refractivity contribution is 5.66. The Labute approximate surface area is 191 Å². The maximum Gasteiger partial charge on any atom is 0.168 e. The second kappa shape index (κ2) is 10.9. The Balaban J connectivity index is 1.38. The Morgan fingerprint density at radius 3 is 2.69 bits per heavy atom. The third kappa shape index (κ3) is 5.44. The van der Waals surface area contributed by atoms with Crippen LogP contribution in [0.4, 0.5) is 0 Å². The summed E-state index contributed by atoms with van der Waals surface area (Å²) in [4.78, 5) is 4.98. The fraction of sp³-hybridized carbons (Fsp3) is 0.462. The van der Waals surface area contributed by atoms with Crippen molar-refractivity contribution < 1.29 is 19.3 Å². The Hall–Kier alpha value is -2.54. The number of hydrogen-bond donors (Lipinski definition) is 1. The predicted octanol–water partition coefficient (Wildman–Crippen LogP) is 3.44. The number of para-hydroxylation sites is 1. The second-order valence-electron chi connectivity index (χ2n) is 8.42. The normalized spacial score (nSPS) is 19.1. The van der Waals surface area contributed by atoms with E-state index in [0.717, 1.165) is 62.0 Å². The SMILES string of the molecule is CCOc1ccc(CN2CCN(CC3=Cc4cccc(OC)c4OC3)C[C@@H]2CCO)cc1. The summed E-state index contributed by atoms with van der Waals surface area (Å²) in [5.74, 6) is 2.52. The van der Waals surface area contributed by atoms with E-state index in [2.05, 4.69) is 34.1 Å². The maximum absolute atomic E-state index is 9.66. The van der Waals surface area contributed by atoms with Crippen molar-refractivity contribution in [1.82, 2.24) is 9.80 Å². The summed E-state index contributed by atoms with van der Waals surface area (Å²) in [5.41, 5.74) is 3.62. The molecular formula is C26H34N2O4. The maximum atomic E-state index is 9.66. The molecule has 1 atom stereocenters. The Kier molecular flexibility index (Phi) is 7.68. The molecule has 1 N–H and O–H groups in total. The molecule has 0 radical (unpaired) electrons. The van der Waals surface area contributed by atoms with Gasteiger partial charge >= 0.3 is 0 Å². The number of aliphatic hydroxyl groups excluding tert-OH is 1. The molecule has 0 aliphatic carbocycles. The number of benzene rings is 2. The number of piperazine rings is 1. The van der Waals surface area contributed by atoms with Crippen LogP contribution in [-0.2, 0) is 6.54 Å². The standard InChI is InChI=1S/C26H34N2O4/c1-3-31-24-9-7-20(8-10-24)17-28-13-12-27(18-23(28)11-14-29)16-21-15-22-5-4-6-25(30-2)26(22)32-19-21/h4-10,15,23,29H,3,11-14,16-19H2,1-2H3/t23-/m0/s1. The van der Waals surface area contributed by atoms with Crippen LogP contribution in [0.3, 0.4) is 0 Å². The lowest BCUT2D eigenvalue weighted by Crippen LogP contribution is -2.53. The first-order chi connectivity index (χ1) is 15.7. The van der Waals surface area contributed by atoms with Crippen molar-refractivity contribution in [2.24, 2.45) is 0 Å². The molecule has 0 bridgehead atoms. The van der Waals surface area contributed by atoms with E-state index < -0.39 is 0 Å². The van der Waals surface area contributed by atoms with Crippen molar-refractivity contribution in [3.63, 3.8) is 0 Å². The highest BCUT2D eigenvalue weighted by atomic mass is 16.5. The van der Waals surface area contributed by atoms with Crippen molar-refractivity contribution in [1.29, 1.82) is 0 Å². The molecule has 6 nitrogen and oxygen atoms in total. The molecule has 1 saturated heterocycles. The minimum atomic E-state index is 0.206. The number of aliphatic hydroxyl groups is 1. The van der Waals surface area contributed by atoms with Crippen molar-refractivity contribution in [3.05, 3.63) is 59.2 Å². The fourth-order valence-corrected chi connectivity index (χ4v) is 4.59. The van der Waals surface area contributed by atoms with Gasteiger partial charge in [-0.3, -0.25) is 9.80 Å². The van der Waals surface area contributed by atoms with Gasteiger partial charge in [-0.25, -0.2) is 0 Å². The summed E-state index contributed by atoms with van der Waals surface area (Å²) in [6, 6.07) is 14.7. The molecule has 4 rings (SSSR count). The van der Waals surface area contributed by atoms with Gasteiger partial charge in [0.05, 0.1) is 13.7 Å². The van der Waals surface area contributed by atoms with Gasteiger partial charge in [0, 0.05) is 50.9 Å². The van der Waals surface area contributed by atoms with Crippen LogP contribution in [0, 0.1) is 0 Å². The average molecular weight is 439 g/mol. The van der Waals surface area contributed by atoms with Gasteiger partial charge in [-0.05, 0) is 48.8 Å². The van der Waals surface area contributed by atoms with Gasteiger partial charge in [-0.2, -0.15) is 0 Å². The number of nitrogens with zero attached hydrogens (tertiary/aromatic N) is 2. The van der Waals surface area contributed by atoms with Crippen LogP contribution in [-0.4, -0.2) is 74.1 Å². The predicted molar refractivity (Wildman–Crippen MR) is 126 cm³/mol. The van der Waals surface area contributed by atoms with Gasteiger partial charge in [0.25, 0.3) is 0 Å². The van der Waals surface area contributed by atoms with Gasteiger partial charge in [0.1, 0.15) is 12.4 Å². The molecule has 172 valence electrons. The topological polar surface area (TPSA) is 54.4 Å². The zero-order valence-electron chi connectivity index (χ0n) is 19.1. The molecule has 0 unspecified atom stereocenters. The van der Waals surface area contributed by atoms with E-state index in [1.807, 2.05) is 31.2 Å². The minimum Gasteiger partial charge on any atom is -0.494 e. The smallest absolute Gasteiger partial charge is 0.168 e. The molecule has 2 aliphatic rings. The van der Waals surface area contributed by atoms with E-state index in [1.54, 1.807) is 7.11 Å². The van der Waals surface area contributed by atoms with Crippen LogP contribution in [0.1, 0.15) is 24.5 Å². The quantitative estimate of drug-likeness (QED) is 0.647. The number of fused-ring (bicyclic) bond motifs is 1. The summed E-state index contributed by atoms with van der Waals surface area (Å²) in [5, 5.41) is 9.66. The van der Waals surface area contributed by atoms with E-state index in [-0.39, 0.29) is 6.61 Å². The summed E-state index contributed by atoms with van der Waals surface area (Å²) >= 11 is 0. The van der Waals surface area contributed by atoms with E-state index in [9.17, 15) is 5.11 Å². The highest BCUT2D eigenvalue weighted by Gasteiger charge is 2.28. The zero-order chi connectivity index (χ0) is 22.3. The molecule has 2 aliphatic heterocycles. The first-order valence-corrected chi connectivity index (χ1v) is 11.5. The van der Waals surface area contributed by atoms with Crippen molar-refractivity contribution >= 4 is 6.08 Å². The lowest BCUT2D eigenvalue weighted by molar-refractivity contribution is 0.0574. The van der Waals surface area contributed by atoms with Gasteiger partial charge in [0.15, 0.2) is 11.5 Å². The number of rotatable bonds is 9. The van der Waals surface area contributed by atoms with E-state index >= 15 is 0 Å². The molecular weight excluding hydrogens is 404 g/mol. The van der Waals surface area contributed by atoms with Gasteiger partial charge < -0.3 is 19.3 Å². The van der Waals surface area contributed by atoms with Crippen LogP contribution in [0.2, 0.25) is 0 Å². The van der Waals surface area contributed by atoms with Crippen molar-refractivity contribution in [3.8, 4) is 17.2 Å². The summed E-state index contributed by atoms with van der Waals surface area (Å²) in [6.07, 6.45) is 3.01. The van der Waals surface area contributed by atoms with Crippen LogP contribution in [0.5, 0.6) is 17.2 Å². The molecule has 0 saturated carbocycles. The number of ether oxygens (including phenoxy) is 3. The Morgan fingerprint density at radius 1 is 1.09 bits per heavy atom. The first-order valence-electron chi connectivity index (χ1n) is 11.5. The Bertz CT molecular complexity index is 913. The highest BCUT2D eigenvalue weighted by Crippen LogP contribution is 2.35. The van der Waals surface area contributed by atoms with Gasteiger partial charge in [-0.15, -0.1) is 0 Å². The molecule has 2 aromatic rings. The molecule has 6 heteroatoms. The summed E-state index contributed by atoms with van der Waals surface area (Å²) in [7, 11) is 1.67. The molecule has 2 aromatic carbocycles. The first kappa shape index (κ1) is 22.6. The van der Waals surface area contributed by atoms with Crippen molar-refractivity contribution in [2.75, 3.05) is 53.1 Å². The fourth-order valence-electron chi connectivity index (χ4n) is 4.59. The third-order valence-corrected chi connectivity index (χ3v) is 6.19.